The molecule has 2 heterocycles. The second-order valence-electron chi connectivity index (χ2n) is 5.89. The van der Waals surface area contributed by atoms with Gasteiger partial charge in [-0.1, -0.05) is 12.1 Å². The Morgan fingerprint density at radius 2 is 2.08 bits per heavy atom. The highest BCUT2D eigenvalue weighted by molar-refractivity contribution is 5.99. The summed E-state index contributed by atoms with van der Waals surface area (Å²) in [4.78, 5) is 26.7. The minimum absolute atomic E-state index is 0.0229. The highest BCUT2D eigenvalue weighted by Crippen LogP contribution is 2.25. The summed E-state index contributed by atoms with van der Waals surface area (Å²) in [6.07, 6.45) is 3.77. The quantitative estimate of drug-likeness (QED) is 0.424. The van der Waals surface area contributed by atoms with E-state index < -0.39 is 11.0 Å². The molecule has 1 aromatic heterocycles. The Hall–Kier alpha value is -3.17. The van der Waals surface area contributed by atoms with Crippen molar-refractivity contribution in [1.29, 1.82) is 0 Å². The summed E-state index contributed by atoms with van der Waals surface area (Å²) in [6.45, 7) is 1.79. The third kappa shape index (κ3) is 4.08. The Bertz CT molecular complexity index is 839. The molecule has 26 heavy (non-hydrogen) atoms. The average molecular weight is 354 g/mol. The first kappa shape index (κ1) is 17.6. The highest BCUT2D eigenvalue weighted by atomic mass is 16.6. The van der Waals surface area contributed by atoms with Crippen LogP contribution in [0.3, 0.4) is 0 Å². The van der Waals surface area contributed by atoms with Crippen molar-refractivity contribution < 1.29 is 9.72 Å². The Balaban J connectivity index is 1.61. The Kier molecular flexibility index (Phi) is 5.30. The maximum atomic E-state index is 12.3. The van der Waals surface area contributed by atoms with Gasteiger partial charge in [0.05, 0.1) is 10.6 Å². The molecule has 1 aliphatic rings. The molecule has 1 saturated heterocycles. The van der Waals surface area contributed by atoms with Gasteiger partial charge in [0, 0.05) is 36.1 Å². The number of nitro groups is 1. The zero-order valence-electron chi connectivity index (χ0n) is 14.0. The lowest BCUT2D eigenvalue weighted by atomic mass is 10.0. The molecule has 9 heteroatoms. The van der Waals surface area contributed by atoms with Gasteiger partial charge in [-0.05, 0) is 31.0 Å². The third-order valence-electron chi connectivity index (χ3n) is 4.13. The van der Waals surface area contributed by atoms with Crippen LogP contribution in [-0.4, -0.2) is 27.6 Å². The van der Waals surface area contributed by atoms with Gasteiger partial charge in [-0.2, -0.15) is 5.10 Å². The number of aromatic nitrogens is 1. The lowest BCUT2D eigenvalue weighted by Crippen LogP contribution is -2.41. The molecule has 3 rings (SSSR count). The van der Waals surface area contributed by atoms with Crippen molar-refractivity contribution in [3.63, 3.8) is 0 Å². The lowest BCUT2D eigenvalue weighted by Gasteiger charge is -2.09. The van der Waals surface area contributed by atoms with Crippen molar-refractivity contribution in [2.24, 2.45) is 5.10 Å². The minimum Gasteiger partial charge on any atom is -0.271 e. The summed E-state index contributed by atoms with van der Waals surface area (Å²) in [6, 6.07) is 9.28. The molecule has 134 valence electrons. The van der Waals surface area contributed by atoms with Crippen molar-refractivity contribution in [2.45, 2.75) is 25.4 Å². The molecule has 2 unspecified atom stereocenters. The van der Waals surface area contributed by atoms with Gasteiger partial charge in [-0.15, -0.1) is 0 Å². The second kappa shape index (κ2) is 7.81. The molecule has 0 radical (unpaired) electrons. The molecule has 2 atom stereocenters. The molecule has 2 aromatic rings. The fraction of sp³-hybridized carbons (Fsp3) is 0.235. The first-order valence-electron chi connectivity index (χ1n) is 8.04. The van der Waals surface area contributed by atoms with Crippen LogP contribution in [0.5, 0.6) is 0 Å². The Labute approximate surface area is 149 Å². The number of carbonyl (C=O) groups is 1. The Morgan fingerprint density at radius 3 is 2.81 bits per heavy atom. The molecule has 0 spiro atoms. The van der Waals surface area contributed by atoms with Crippen LogP contribution in [0.4, 0.5) is 5.69 Å². The smallest absolute Gasteiger partial charge is 0.269 e. The number of nitrogens with one attached hydrogen (secondary N) is 3. The van der Waals surface area contributed by atoms with Gasteiger partial charge < -0.3 is 0 Å². The summed E-state index contributed by atoms with van der Waals surface area (Å²) in [5, 5.41) is 15.0. The van der Waals surface area contributed by atoms with Gasteiger partial charge in [0.25, 0.3) is 11.6 Å². The summed E-state index contributed by atoms with van der Waals surface area (Å²) in [5.41, 5.74) is 10.8. The zero-order chi connectivity index (χ0) is 18.5. The van der Waals surface area contributed by atoms with E-state index in [1.807, 2.05) is 0 Å². The first-order valence-corrected chi connectivity index (χ1v) is 8.04. The number of carbonyl (C=O) groups excluding carboxylic acids is 1. The van der Waals surface area contributed by atoms with E-state index in [0.717, 1.165) is 11.1 Å². The largest absolute Gasteiger partial charge is 0.271 e. The molecular weight excluding hydrogens is 336 g/mol. The van der Waals surface area contributed by atoms with Gasteiger partial charge >= 0.3 is 0 Å². The van der Waals surface area contributed by atoms with Crippen LogP contribution in [0.25, 0.3) is 0 Å². The van der Waals surface area contributed by atoms with Crippen LogP contribution in [-0.2, 0) is 4.79 Å². The van der Waals surface area contributed by atoms with Crippen LogP contribution < -0.4 is 16.3 Å². The summed E-state index contributed by atoms with van der Waals surface area (Å²) in [7, 11) is 0. The molecule has 9 nitrogen and oxygen atoms in total. The average Bonchev–Trinajstić information content (AvgIpc) is 3.17. The molecule has 0 bridgehead atoms. The van der Waals surface area contributed by atoms with E-state index in [1.165, 1.54) is 12.1 Å². The number of rotatable bonds is 5. The van der Waals surface area contributed by atoms with Gasteiger partial charge in [0.15, 0.2) is 0 Å². The van der Waals surface area contributed by atoms with Crippen LogP contribution in [0.15, 0.2) is 53.9 Å². The topological polar surface area (TPSA) is 122 Å². The number of hydrogen-bond donors (Lipinski definition) is 3. The maximum Gasteiger partial charge on any atom is 0.269 e. The molecule has 0 aliphatic carbocycles. The number of non-ortho nitro benzene ring substituents is 1. The standard InChI is InChI=1S/C17H18N6O3/c1-11(12-5-7-18-8-6-12)19-22-17(24)16-10-15(20-21-16)13-3-2-4-14(9-13)23(25)26/h2-9,15-16,20-21H,10H2,1H3,(H,22,24)/b19-11-. The highest BCUT2D eigenvalue weighted by Gasteiger charge is 2.30. The Morgan fingerprint density at radius 1 is 1.31 bits per heavy atom. The van der Waals surface area contributed by atoms with Crippen LogP contribution >= 0.6 is 0 Å². The van der Waals surface area contributed by atoms with Crippen LogP contribution in [0.2, 0.25) is 0 Å². The maximum absolute atomic E-state index is 12.3. The van der Waals surface area contributed by atoms with Gasteiger partial charge in [-0.25, -0.2) is 16.3 Å². The van der Waals surface area contributed by atoms with E-state index in [-0.39, 0.29) is 17.6 Å². The monoisotopic (exact) mass is 354 g/mol. The molecule has 0 saturated carbocycles. The molecule has 3 N–H and O–H groups in total. The van der Waals surface area contributed by atoms with Gasteiger partial charge in [-0.3, -0.25) is 19.9 Å². The van der Waals surface area contributed by atoms with E-state index >= 15 is 0 Å². The number of hydrazone groups is 1. The van der Waals surface area contributed by atoms with E-state index in [2.05, 4.69) is 26.4 Å². The van der Waals surface area contributed by atoms with E-state index in [9.17, 15) is 14.9 Å². The first-order chi connectivity index (χ1) is 12.5. The molecular formula is C17H18N6O3. The number of nitrogens with zero attached hydrogens (tertiary/aromatic N) is 3. The number of hydrogen-bond acceptors (Lipinski definition) is 7. The van der Waals surface area contributed by atoms with Crippen molar-refractivity contribution in [1.82, 2.24) is 21.3 Å². The fourth-order valence-corrected chi connectivity index (χ4v) is 2.68. The van der Waals surface area contributed by atoms with Crippen LogP contribution in [0, 0.1) is 10.1 Å². The van der Waals surface area contributed by atoms with E-state index in [0.29, 0.717) is 12.1 Å². The van der Waals surface area contributed by atoms with E-state index in [1.54, 1.807) is 43.6 Å². The molecule has 1 aromatic carbocycles. The predicted molar refractivity (Wildman–Crippen MR) is 95.1 cm³/mol. The fourth-order valence-electron chi connectivity index (χ4n) is 2.68. The van der Waals surface area contributed by atoms with Gasteiger partial charge in [0.1, 0.15) is 6.04 Å². The summed E-state index contributed by atoms with van der Waals surface area (Å²) in [5.74, 6) is -0.279. The number of benzene rings is 1. The van der Waals surface area contributed by atoms with E-state index in [4.69, 9.17) is 0 Å². The SMILES string of the molecule is C/C(=N/NC(=O)C1CC(c2cccc([N+](=O)[O-])c2)NN1)c1ccncc1. The number of hydrazine groups is 1. The molecule has 1 fully saturated rings. The molecule has 1 amide bonds. The van der Waals surface area contributed by atoms with Crippen molar-refractivity contribution in [3.05, 3.63) is 70.0 Å². The van der Waals surface area contributed by atoms with Crippen LogP contribution in [0.1, 0.15) is 30.5 Å². The molecule has 1 aliphatic heterocycles. The number of amides is 1. The normalized spacial score (nSPS) is 20.0. The van der Waals surface area contributed by atoms with Crippen molar-refractivity contribution in [3.8, 4) is 0 Å². The number of nitro benzene ring substituents is 1. The minimum atomic E-state index is -0.492. The summed E-state index contributed by atoms with van der Waals surface area (Å²) >= 11 is 0. The predicted octanol–water partition coefficient (Wildman–Crippen LogP) is 1.44. The lowest BCUT2D eigenvalue weighted by molar-refractivity contribution is -0.384. The van der Waals surface area contributed by atoms with Gasteiger partial charge in [0.2, 0.25) is 0 Å². The summed E-state index contributed by atoms with van der Waals surface area (Å²) < 4.78 is 0. The third-order valence-corrected chi connectivity index (χ3v) is 4.13. The van der Waals surface area contributed by atoms with Crippen molar-refractivity contribution >= 4 is 17.3 Å². The number of pyridine rings is 1. The second-order valence-corrected chi connectivity index (χ2v) is 5.89. The van der Waals surface area contributed by atoms with Crippen molar-refractivity contribution in [2.75, 3.05) is 0 Å². The zero-order valence-corrected chi connectivity index (χ0v) is 14.0.